The highest BCUT2D eigenvalue weighted by Gasteiger charge is 2.28. The lowest BCUT2D eigenvalue weighted by molar-refractivity contribution is 0.0969. The van der Waals surface area contributed by atoms with Gasteiger partial charge < -0.3 is 10.8 Å². The summed E-state index contributed by atoms with van der Waals surface area (Å²) in [5, 5.41) is 9.93. The van der Waals surface area contributed by atoms with E-state index in [1.165, 1.54) is 24.6 Å². The van der Waals surface area contributed by atoms with E-state index in [9.17, 15) is 9.50 Å². The highest BCUT2D eigenvalue weighted by atomic mass is 19.1. The summed E-state index contributed by atoms with van der Waals surface area (Å²) in [6, 6.07) is 4.62. The molecule has 1 fully saturated rings. The topological polar surface area (TPSA) is 49.5 Å². The number of hydrogen-bond acceptors (Lipinski definition) is 3. The van der Waals surface area contributed by atoms with Crippen LogP contribution in [0.25, 0.3) is 0 Å². The highest BCUT2D eigenvalue weighted by Crippen LogP contribution is 2.34. The van der Waals surface area contributed by atoms with Gasteiger partial charge in [0.05, 0.1) is 0 Å². The molecule has 2 atom stereocenters. The molecule has 0 bridgehead atoms. The van der Waals surface area contributed by atoms with Gasteiger partial charge in [-0.2, -0.15) is 0 Å². The fourth-order valence-electron chi connectivity index (χ4n) is 3.07. The normalized spacial score (nSPS) is 22.4. The summed E-state index contributed by atoms with van der Waals surface area (Å²) < 4.78 is 13.4. The number of nitrogens with two attached hydrogens (primary N) is 1. The van der Waals surface area contributed by atoms with Crippen molar-refractivity contribution in [2.45, 2.75) is 44.7 Å². The van der Waals surface area contributed by atoms with Crippen LogP contribution in [0.2, 0.25) is 0 Å². The van der Waals surface area contributed by atoms with Gasteiger partial charge in [-0.25, -0.2) is 4.39 Å². The minimum Gasteiger partial charge on any atom is -0.508 e. The fraction of sp³-hybridized carbons (Fsp3) is 0.600. The van der Waals surface area contributed by atoms with Crippen molar-refractivity contribution in [2.24, 2.45) is 5.73 Å². The number of nitrogens with zero attached hydrogens (tertiary/aromatic N) is 1. The molecule has 0 aromatic heterocycles. The van der Waals surface area contributed by atoms with Crippen LogP contribution in [0.5, 0.6) is 5.75 Å². The van der Waals surface area contributed by atoms with Crippen LogP contribution in [0, 0.1) is 5.82 Å². The molecule has 19 heavy (non-hydrogen) atoms. The maximum Gasteiger partial charge on any atom is 0.123 e. The molecule has 3 N–H and O–H groups in total. The maximum atomic E-state index is 13.4. The zero-order valence-electron chi connectivity index (χ0n) is 11.5. The van der Waals surface area contributed by atoms with Crippen LogP contribution in [-0.2, 0) is 0 Å². The van der Waals surface area contributed by atoms with Crippen LogP contribution in [0.3, 0.4) is 0 Å². The zero-order valence-corrected chi connectivity index (χ0v) is 11.5. The molecule has 1 saturated heterocycles. The second kappa shape index (κ2) is 6.35. The third-order valence-corrected chi connectivity index (χ3v) is 4.11. The number of phenolic OH excluding ortho intramolecular Hbond substituents is 1. The van der Waals surface area contributed by atoms with Crippen molar-refractivity contribution >= 4 is 0 Å². The zero-order chi connectivity index (χ0) is 13.8. The van der Waals surface area contributed by atoms with Crippen molar-refractivity contribution in [1.82, 2.24) is 4.90 Å². The van der Waals surface area contributed by atoms with E-state index in [2.05, 4.69) is 4.90 Å². The first kappa shape index (κ1) is 14.3. The van der Waals surface area contributed by atoms with Crippen molar-refractivity contribution in [3.63, 3.8) is 0 Å². The summed E-state index contributed by atoms with van der Waals surface area (Å²) in [5.74, 6) is -0.127. The first-order valence-corrected chi connectivity index (χ1v) is 7.07. The van der Waals surface area contributed by atoms with Crippen molar-refractivity contribution in [2.75, 3.05) is 13.1 Å². The van der Waals surface area contributed by atoms with Gasteiger partial charge in [-0.15, -0.1) is 0 Å². The molecule has 4 heteroatoms. The molecule has 106 valence electrons. The van der Waals surface area contributed by atoms with Gasteiger partial charge in [0.15, 0.2) is 0 Å². The minimum absolute atomic E-state index is 0.0209. The summed E-state index contributed by atoms with van der Waals surface area (Å²) in [5.41, 5.74) is 6.35. The van der Waals surface area contributed by atoms with Crippen LogP contribution in [0.15, 0.2) is 18.2 Å². The van der Waals surface area contributed by atoms with Crippen molar-refractivity contribution < 1.29 is 9.50 Å². The summed E-state index contributed by atoms with van der Waals surface area (Å²) in [6.07, 6.45) is 4.47. The number of phenols is 1. The van der Waals surface area contributed by atoms with Gasteiger partial charge in [0, 0.05) is 17.6 Å². The number of rotatable bonds is 4. The smallest absolute Gasteiger partial charge is 0.123 e. The molecule has 2 unspecified atom stereocenters. The Morgan fingerprint density at radius 2 is 2.26 bits per heavy atom. The minimum atomic E-state index is -0.299. The molecule has 0 amide bonds. The number of likely N-dealkylation sites (tertiary alicyclic amines) is 1. The average molecular weight is 266 g/mol. The van der Waals surface area contributed by atoms with E-state index in [4.69, 9.17) is 5.73 Å². The lowest BCUT2D eigenvalue weighted by Crippen LogP contribution is -2.42. The summed E-state index contributed by atoms with van der Waals surface area (Å²) in [7, 11) is 0. The number of aromatic hydroxyl groups is 1. The Kier molecular flexibility index (Phi) is 4.77. The lowest BCUT2D eigenvalue weighted by atomic mass is 9.95. The summed E-state index contributed by atoms with van der Waals surface area (Å²) in [6.45, 7) is 3.69. The van der Waals surface area contributed by atoms with Gasteiger partial charge >= 0.3 is 0 Å². The molecule has 0 saturated carbocycles. The first-order valence-electron chi connectivity index (χ1n) is 7.07. The highest BCUT2D eigenvalue weighted by molar-refractivity contribution is 5.35. The number of piperidine rings is 1. The molecule has 2 rings (SSSR count). The van der Waals surface area contributed by atoms with Crippen molar-refractivity contribution in [3.8, 4) is 5.75 Å². The quantitative estimate of drug-likeness (QED) is 0.881. The van der Waals surface area contributed by atoms with E-state index in [0.29, 0.717) is 18.2 Å². The first-order chi connectivity index (χ1) is 9.13. The Bertz CT molecular complexity index is 423. The molecule has 0 radical (unpaired) electrons. The monoisotopic (exact) mass is 266 g/mol. The van der Waals surface area contributed by atoms with E-state index >= 15 is 0 Å². The van der Waals surface area contributed by atoms with Gasteiger partial charge in [-0.3, -0.25) is 4.90 Å². The molecule has 1 aromatic carbocycles. The second-order valence-corrected chi connectivity index (χ2v) is 5.34. The number of halogens is 1. The van der Waals surface area contributed by atoms with Gasteiger partial charge in [0.1, 0.15) is 11.6 Å². The fourth-order valence-corrected chi connectivity index (χ4v) is 3.07. The Morgan fingerprint density at radius 3 is 3.00 bits per heavy atom. The Labute approximate surface area is 114 Å². The molecular formula is C15H23FN2O. The largest absolute Gasteiger partial charge is 0.508 e. The number of hydrogen-bond donors (Lipinski definition) is 2. The second-order valence-electron chi connectivity index (χ2n) is 5.34. The van der Waals surface area contributed by atoms with E-state index in [0.717, 1.165) is 25.8 Å². The van der Waals surface area contributed by atoms with Crippen LogP contribution in [0.1, 0.15) is 44.2 Å². The van der Waals surface area contributed by atoms with E-state index in [-0.39, 0.29) is 17.6 Å². The van der Waals surface area contributed by atoms with Crippen molar-refractivity contribution in [1.29, 1.82) is 0 Å². The van der Waals surface area contributed by atoms with E-state index < -0.39 is 0 Å². The Balaban J connectivity index is 2.20. The molecule has 0 aliphatic carbocycles. The molecule has 0 spiro atoms. The van der Waals surface area contributed by atoms with Crippen LogP contribution < -0.4 is 5.73 Å². The average Bonchev–Trinajstić information content (AvgIpc) is 2.42. The van der Waals surface area contributed by atoms with Gasteiger partial charge in [0.25, 0.3) is 0 Å². The van der Waals surface area contributed by atoms with Gasteiger partial charge in [-0.1, -0.05) is 6.42 Å². The van der Waals surface area contributed by atoms with Gasteiger partial charge in [-0.05, 0) is 57.5 Å². The summed E-state index contributed by atoms with van der Waals surface area (Å²) >= 11 is 0. The van der Waals surface area contributed by atoms with E-state index in [1.807, 2.05) is 6.92 Å². The van der Waals surface area contributed by atoms with E-state index in [1.54, 1.807) is 0 Å². The molecule has 1 aliphatic heterocycles. The maximum absolute atomic E-state index is 13.4. The summed E-state index contributed by atoms with van der Waals surface area (Å²) in [4.78, 5) is 2.35. The van der Waals surface area contributed by atoms with Crippen LogP contribution in [0.4, 0.5) is 4.39 Å². The van der Waals surface area contributed by atoms with Crippen LogP contribution >= 0.6 is 0 Å². The molecular weight excluding hydrogens is 243 g/mol. The van der Waals surface area contributed by atoms with Crippen molar-refractivity contribution in [3.05, 3.63) is 29.6 Å². The number of benzene rings is 1. The predicted molar refractivity (Wildman–Crippen MR) is 74.5 cm³/mol. The Morgan fingerprint density at radius 1 is 1.47 bits per heavy atom. The standard InChI is InChI=1S/C15H23FN2O/c1-11(14-10-12(16)5-6-15(14)19)18-9-3-2-4-13(18)7-8-17/h5-6,10-11,13,19H,2-4,7-9,17H2,1H3. The lowest BCUT2D eigenvalue weighted by Gasteiger charge is -2.40. The predicted octanol–water partition coefficient (Wildman–Crippen LogP) is 2.80. The molecule has 3 nitrogen and oxygen atoms in total. The molecule has 1 aliphatic rings. The molecule has 1 aromatic rings. The van der Waals surface area contributed by atoms with Gasteiger partial charge in [0.2, 0.25) is 0 Å². The Hall–Kier alpha value is -1.13. The SMILES string of the molecule is CC(c1cc(F)ccc1O)N1CCCCC1CCN. The third kappa shape index (κ3) is 3.25. The molecule has 1 heterocycles. The van der Waals surface area contributed by atoms with Crippen LogP contribution in [-0.4, -0.2) is 29.1 Å². The third-order valence-electron chi connectivity index (χ3n) is 4.11.